The third-order valence-electron chi connectivity index (χ3n) is 3.52. The van der Waals surface area contributed by atoms with Gasteiger partial charge in [0.25, 0.3) is 0 Å². The molecule has 0 unspecified atom stereocenters. The first-order valence-electron chi connectivity index (χ1n) is 6.44. The fourth-order valence-corrected chi connectivity index (χ4v) is 2.33. The van der Waals surface area contributed by atoms with Gasteiger partial charge in [-0.25, -0.2) is 0 Å². The van der Waals surface area contributed by atoms with Crippen LogP contribution in [0.3, 0.4) is 0 Å². The van der Waals surface area contributed by atoms with Crippen molar-refractivity contribution in [1.82, 2.24) is 10.2 Å². The Morgan fingerprint density at radius 3 is 2.50 bits per heavy atom. The lowest BCUT2D eigenvalue weighted by atomic mass is 9.98. The van der Waals surface area contributed by atoms with Gasteiger partial charge in [-0.3, -0.25) is 5.41 Å². The molecule has 1 aromatic heterocycles. The largest absolute Gasteiger partial charge is 0.473 e. The van der Waals surface area contributed by atoms with Crippen LogP contribution >= 0.6 is 0 Å². The Labute approximate surface area is 107 Å². The summed E-state index contributed by atoms with van der Waals surface area (Å²) in [6, 6.07) is 0. The average Bonchev–Trinajstić information content (AvgIpc) is 2.35. The summed E-state index contributed by atoms with van der Waals surface area (Å²) in [6.45, 7) is 3.76. The minimum Gasteiger partial charge on any atom is -0.473 e. The van der Waals surface area contributed by atoms with Gasteiger partial charge in [0.2, 0.25) is 5.88 Å². The van der Waals surface area contributed by atoms with E-state index in [0.717, 1.165) is 24.1 Å². The molecule has 98 valence electrons. The van der Waals surface area contributed by atoms with Gasteiger partial charge in [-0.2, -0.15) is 5.10 Å². The Kier molecular flexibility index (Phi) is 3.79. The molecule has 0 radical (unpaired) electrons. The molecule has 2 rings (SSSR count). The molecule has 0 aliphatic heterocycles. The van der Waals surface area contributed by atoms with Crippen molar-refractivity contribution in [3.05, 3.63) is 16.8 Å². The number of nitrogen functional groups attached to an aromatic ring is 1. The average molecular weight is 248 g/mol. The van der Waals surface area contributed by atoms with E-state index < -0.39 is 0 Å². The molecule has 0 bridgehead atoms. The highest BCUT2D eigenvalue weighted by atomic mass is 16.5. The maximum absolute atomic E-state index is 7.66. The van der Waals surface area contributed by atoms with Crippen molar-refractivity contribution in [1.29, 1.82) is 5.41 Å². The second kappa shape index (κ2) is 5.33. The number of nitrogens with one attached hydrogen (secondary N) is 1. The van der Waals surface area contributed by atoms with Gasteiger partial charge in [-0.15, -0.1) is 5.10 Å². The molecule has 1 saturated carbocycles. The molecule has 1 aromatic rings. The van der Waals surface area contributed by atoms with Crippen molar-refractivity contribution in [3.8, 4) is 5.88 Å². The summed E-state index contributed by atoms with van der Waals surface area (Å²) in [5.74, 6) is 0.411. The van der Waals surface area contributed by atoms with Gasteiger partial charge in [0, 0.05) is 0 Å². The maximum atomic E-state index is 7.66. The Bertz CT molecular complexity index is 453. The molecule has 18 heavy (non-hydrogen) atoms. The highest BCUT2D eigenvalue weighted by Gasteiger charge is 2.20. The molecule has 5 heteroatoms. The predicted molar refractivity (Wildman–Crippen MR) is 70.0 cm³/mol. The fraction of sp³-hybridized carbons (Fsp3) is 0.615. The quantitative estimate of drug-likeness (QED) is 0.633. The van der Waals surface area contributed by atoms with Crippen LogP contribution in [0.1, 0.15) is 48.9 Å². The highest BCUT2D eigenvalue weighted by Crippen LogP contribution is 2.26. The smallest absolute Gasteiger partial charge is 0.245 e. The van der Waals surface area contributed by atoms with Crippen LogP contribution in [-0.4, -0.2) is 22.1 Å². The summed E-state index contributed by atoms with van der Waals surface area (Å²) in [4.78, 5) is 0. The second-order valence-corrected chi connectivity index (χ2v) is 4.88. The summed E-state index contributed by atoms with van der Waals surface area (Å²) in [5.41, 5.74) is 7.88. The Morgan fingerprint density at radius 2 is 1.89 bits per heavy atom. The Balaban J connectivity index is 2.26. The normalized spacial score (nSPS) is 16.6. The third-order valence-corrected chi connectivity index (χ3v) is 3.52. The summed E-state index contributed by atoms with van der Waals surface area (Å²) >= 11 is 0. The highest BCUT2D eigenvalue weighted by molar-refractivity contribution is 5.98. The predicted octanol–water partition coefficient (Wildman–Crippen LogP) is 2.09. The van der Waals surface area contributed by atoms with Crippen LogP contribution in [0.2, 0.25) is 0 Å². The number of nitrogens with two attached hydrogens (primary N) is 1. The van der Waals surface area contributed by atoms with Crippen molar-refractivity contribution in [2.45, 2.75) is 52.1 Å². The van der Waals surface area contributed by atoms with E-state index in [1.54, 1.807) is 0 Å². The van der Waals surface area contributed by atoms with Gasteiger partial charge in [0.1, 0.15) is 11.9 Å². The summed E-state index contributed by atoms with van der Waals surface area (Å²) < 4.78 is 5.89. The van der Waals surface area contributed by atoms with E-state index in [2.05, 4.69) is 10.2 Å². The molecule has 0 aromatic carbocycles. The lowest BCUT2D eigenvalue weighted by molar-refractivity contribution is 0.146. The van der Waals surface area contributed by atoms with E-state index in [9.17, 15) is 0 Å². The number of ether oxygens (including phenoxy) is 1. The minimum atomic E-state index is -0.00342. The minimum absolute atomic E-state index is 0.00342. The first-order valence-corrected chi connectivity index (χ1v) is 6.44. The van der Waals surface area contributed by atoms with E-state index in [-0.39, 0.29) is 11.9 Å². The second-order valence-electron chi connectivity index (χ2n) is 4.88. The number of amidine groups is 1. The van der Waals surface area contributed by atoms with Gasteiger partial charge in [0.15, 0.2) is 0 Å². The van der Waals surface area contributed by atoms with E-state index in [1.165, 1.54) is 19.3 Å². The summed E-state index contributed by atoms with van der Waals surface area (Å²) in [7, 11) is 0. The number of hydrogen-bond acceptors (Lipinski definition) is 4. The van der Waals surface area contributed by atoms with E-state index >= 15 is 0 Å². The van der Waals surface area contributed by atoms with Crippen LogP contribution in [0, 0.1) is 19.3 Å². The van der Waals surface area contributed by atoms with Gasteiger partial charge < -0.3 is 10.5 Å². The number of nitrogens with zero attached hydrogens (tertiary/aromatic N) is 2. The van der Waals surface area contributed by atoms with Crippen molar-refractivity contribution < 1.29 is 4.74 Å². The standard InChI is InChI=1S/C13H20N4O/c1-8-9(2)16-17-13(11(8)12(14)15)18-10-6-4-3-5-7-10/h10H,3-7H2,1-2H3,(H3,14,15). The number of rotatable bonds is 3. The third kappa shape index (κ3) is 2.60. The van der Waals surface area contributed by atoms with E-state index in [4.69, 9.17) is 15.9 Å². The maximum Gasteiger partial charge on any atom is 0.245 e. The lowest BCUT2D eigenvalue weighted by Crippen LogP contribution is -2.24. The lowest BCUT2D eigenvalue weighted by Gasteiger charge is -2.23. The van der Waals surface area contributed by atoms with Gasteiger partial charge in [-0.05, 0) is 45.1 Å². The van der Waals surface area contributed by atoms with Crippen LogP contribution in [0.4, 0.5) is 0 Å². The van der Waals surface area contributed by atoms with Crippen molar-refractivity contribution in [2.24, 2.45) is 5.73 Å². The van der Waals surface area contributed by atoms with Crippen LogP contribution in [0.25, 0.3) is 0 Å². The summed E-state index contributed by atoms with van der Waals surface area (Å²) in [5, 5.41) is 15.8. The molecular formula is C13H20N4O. The SMILES string of the molecule is Cc1nnc(OC2CCCCC2)c(C(=N)N)c1C. The zero-order valence-corrected chi connectivity index (χ0v) is 11.0. The van der Waals surface area contributed by atoms with Crippen molar-refractivity contribution in [3.63, 3.8) is 0 Å². The molecule has 5 nitrogen and oxygen atoms in total. The number of aromatic nitrogens is 2. The van der Waals surface area contributed by atoms with Crippen molar-refractivity contribution >= 4 is 5.84 Å². The monoisotopic (exact) mass is 248 g/mol. The van der Waals surface area contributed by atoms with Crippen molar-refractivity contribution in [2.75, 3.05) is 0 Å². The topological polar surface area (TPSA) is 84.9 Å². The number of hydrogen-bond donors (Lipinski definition) is 2. The van der Waals surface area contributed by atoms with Crippen LogP contribution in [-0.2, 0) is 0 Å². The van der Waals surface area contributed by atoms with Gasteiger partial charge in [0.05, 0.1) is 11.3 Å². The molecule has 3 N–H and O–H groups in total. The van der Waals surface area contributed by atoms with Gasteiger partial charge in [-0.1, -0.05) is 6.42 Å². The zero-order valence-electron chi connectivity index (χ0n) is 11.0. The van der Waals surface area contributed by atoms with E-state index in [0.29, 0.717) is 11.4 Å². The van der Waals surface area contributed by atoms with Crippen LogP contribution in [0.15, 0.2) is 0 Å². The molecule has 0 amide bonds. The van der Waals surface area contributed by atoms with Crippen LogP contribution < -0.4 is 10.5 Å². The molecule has 1 aliphatic carbocycles. The van der Waals surface area contributed by atoms with Gasteiger partial charge >= 0.3 is 0 Å². The molecule has 1 fully saturated rings. The molecule has 0 spiro atoms. The van der Waals surface area contributed by atoms with Crippen LogP contribution in [0.5, 0.6) is 5.88 Å². The molecule has 1 heterocycles. The molecule has 0 saturated heterocycles. The number of aryl methyl sites for hydroxylation is 1. The summed E-state index contributed by atoms with van der Waals surface area (Å²) in [6.07, 6.45) is 5.94. The first kappa shape index (κ1) is 12.8. The Hall–Kier alpha value is -1.65. The van der Waals surface area contributed by atoms with E-state index in [1.807, 2.05) is 13.8 Å². The first-order chi connectivity index (χ1) is 8.59. The fourth-order valence-electron chi connectivity index (χ4n) is 2.33. The molecule has 0 atom stereocenters. The molecular weight excluding hydrogens is 228 g/mol. The molecule has 1 aliphatic rings. The zero-order chi connectivity index (χ0) is 13.1. The Morgan fingerprint density at radius 1 is 1.22 bits per heavy atom.